The fraction of sp³-hybridized carbons (Fsp3) is 0.160. The van der Waals surface area contributed by atoms with Gasteiger partial charge in [0, 0.05) is 5.92 Å². The van der Waals surface area contributed by atoms with E-state index in [9.17, 15) is 36.3 Å². The summed E-state index contributed by atoms with van der Waals surface area (Å²) in [5.74, 6) is -17.3. The van der Waals surface area contributed by atoms with E-state index < -0.39 is 69.8 Å². The van der Waals surface area contributed by atoms with Gasteiger partial charge in [0.1, 0.15) is 12.0 Å². The highest BCUT2D eigenvalue weighted by molar-refractivity contribution is 6.25. The number of imide groups is 1. The highest BCUT2D eigenvalue weighted by Gasteiger charge is 2.69. The lowest BCUT2D eigenvalue weighted by Crippen LogP contribution is -2.54. The number of nitrogens with zero attached hydrogens (tertiary/aromatic N) is 1. The first-order valence-corrected chi connectivity index (χ1v) is 10.3. The molecule has 2 atom stereocenters. The summed E-state index contributed by atoms with van der Waals surface area (Å²) in [7, 11) is 0. The van der Waals surface area contributed by atoms with Gasteiger partial charge in [-0.05, 0) is 22.3 Å². The van der Waals surface area contributed by atoms with Crippen LogP contribution in [0.25, 0.3) is 0 Å². The minimum Gasteiger partial charge on any atom is -0.302 e. The largest absolute Gasteiger partial charge is 0.302 e. The Labute approximate surface area is 188 Å². The van der Waals surface area contributed by atoms with Crippen LogP contribution in [0.4, 0.5) is 27.6 Å². The Morgan fingerprint density at radius 3 is 1.68 bits per heavy atom. The minimum absolute atomic E-state index is 0.0224. The highest BCUT2D eigenvalue weighted by atomic mass is 19.2. The molecule has 3 aliphatic carbocycles. The number of hydrogen-bond acceptors (Lipinski definition) is 3. The maximum absolute atomic E-state index is 14.7. The van der Waals surface area contributed by atoms with Gasteiger partial charge in [-0.15, -0.1) is 0 Å². The first-order valence-electron chi connectivity index (χ1n) is 10.3. The summed E-state index contributed by atoms with van der Waals surface area (Å²) in [6, 6.07) is 13.4. The monoisotopic (exact) mass is 469 g/mol. The summed E-state index contributed by atoms with van der Waals surface area (Å²) in [6.45, 7) is 0. The van der Waals surface area contributed by atoms with E-state index in [1.165, 1.54) is 0 Å². The van der Waals surface area contributed by atoms with Gasteiger partial charge in [-0.25, -0.2) is 26.9 Å². The molecular formula is C25H12F5NO3. The molecule has 0 saturated carbocycles. The quantitative estimate of drug-likeness (QED) is 0.187. The maximum atomic E-state index is 14.7. The Kier molecular flexibility index (Phi) is 4.01. The number of aldehydes is 1. The molecule has 170 valence electrons. The molecule has 34 heavy (non-hydrogen) atoms. The predicted octanol–water partition coefficient (Wildman–Crippen LogP) is 4.13. The second kappa shape index (κ2) is 6.59. The summed E-state index contributed by atoms with van der Waals surface area (Å²) < 4.78 is 70.8. The van der Waals surface area contributed by atoms with Crippen LogP contribution in [0.3, 0.4) is 0 Å². The lowest BCUT2D eigenvalue weighted by Gasteiger charge is -2.51. The third kappa shape index (κ3) is 2.11. The van der Waals surface area contributed by atoms with Crippen molar-refractivity contribution < 1.29 is 36.3 Å². The summed E-state index contributed by atoms with van der Waals surface area (Å²) in [4.78, 5) is 40.0. The summed E-state index contributed by atoms with van der Waals surface area (Å²) in [6.07, 6.45) is 0.533. The molecule has 0 aromatic heterocycles. The van der Waals surface area contributed by atoms with E-state index in [0.717, 1.165) is 0 Å². The maximum Gasteiger partial charge on any atom is 0.239 e. The standard InChI is InChI=1S/C25H12F5NO3/c26-17-18(27)20(29)22(21(30)19(17)28)31-23(33)15-14-10-5-1-3-7-12(10)25(9-32,16(15)24(31)34)13-8-4-2-6-11(13)14/h1-9,14-16H. The van der Waals surface area contributed by atoms with Gasteiger partial charge in [0.2, 0.25) is 17.6 Å². The number of hydrogen-bond donors (Lipinski definition) is 0. The van der Waals surface area contributed by atoms with Crippen LogP contribution in [0, 0.1) is 40.9 Å². The molecule has 4 aliphatic rings. The van der Waals surface area contributed by atoms with Crippen LogP contribution in [0.1, 0.15) is 28.2 Å². The van der Waals surface area contributed by atoms with E-state index in [1.807, 2.05) is 0 Å². The summed E-state index contributed by atoms with van der Waals surface area (Å²) in [5, 5.41) is 0. The molecule has 0 spiro atoms. The second-order valence-corrected chi connectivity index (χ2v) is 8.57. The van der Waals surface area contributed by atoms with E-state index in [2.05, 4.69) is 0 Å². The fourth-order valence-corrected chi connectivity index (χ4v) is 6.04. The molecule has 1 heterocycles. The average molecular weight is 469 g/mol. The van der Waals surface area contributed by atoms with E-state index in [1.54, 1.807) is 48.5 Å². The van der Waals surface area contributed by atoms with Crippen LogP contribution >= 0.6 is 0 Å². The fourth-order valence-electron chi connectivity index (χ4n) is 6.04. The van der Waals surface area contributed by atoms with E-state index in [0.29, 0.717) is 28.5 Å². The van der Waals surface area contributed by atoms with Crippen molar-refractivity contribution in [3.63, 3.8) is 0 Å². The van der Waals surface area contributed by atoms with Crippen molar-refractivity contribution in [1.29, 1.82) is 0 Å². The van der Waals surface area contributed by atoms with Crippen molar-refractivity contribution in [2.75, 3.05) is 4.90 Å². The Hall–Kier alpha value is -3.88. The molecule has 0 radical (unpaired) electrons. The van der Waals surface area contributed by atoms with Crippen LogP contribution in [0.2, 0.25) is 0 Å². The molecule has 2 amide bonds. The lowest BCUT2D eigenvalue weighted by atomic mass is 9.48. The number of rotatable bonds is 2. The van der Waals surface area contributed by atoms with Gasteiger partial charge < -0.3 is 4.79 Å². The molecule has 2 bridgehead atoms. The normalized spacial score (nSPS) is 26.4. The Morgan fingerprint density at radius 1 is 0.706 bits per heavy atom. The zero-order valence-electron chi connectivity index (χ0n) is 17.0. The van der Waals surface area contributed by atoms with Gasteiger partial charge >= 0.3 is 0 Å². The lowest BCUT2D eigenvalue weighted by molar-refractivity contribution is -0.128. The molecule has 7 rings (SSSR count). The SMILES string of the molecule is O=CC12c3ccccc3C(c3ccccc31)C1C(=O)N(c3c(F)c(F)c(F)c(F)c3F)C(=O)C12. The smallest absolute Gasteiger partial charge is 0.239 e. The molecule has 1 aliphatic heterocycles. The van der Waals surface area contributed by atoms with Gasteiger partial charge in [0.05, 0.1) is 17.3 Å². The number of carbonyl (C=O) groups is 3. The second-order valence-electron chi connectivity index (χ2n) is 8.57. The van der Waals surface area contributed by atoms with Crippen LogP contribution in [0.15, 0.2) is 48.5 Å². The molecule has 1 fully saturated rings. The van der Waals surface area contributed by atoms with Crippen molar-refractivity contribution in [3.8, 4) is 0 Å². The zero-order chi connectivity index (χ0) is 24.1. The Balaban J connectivity index is 1.66. The van der Waals surface area contributed by atoms with Crippen molar-refractivity contribution in [3.05, 3.63) is 99.9 Å². The molecular weight excluding hydrogens is 457 g/mol. The molecule has 3 aromatic carbocycles. The number of benzene rings is 3. The van der Waals surface area contributed by atoms with E-state index >= 15 is 0 Å². The number of halogens is 5. The first-order chi connectivity index (χ1) is 16.3. The van der Waals surface area contributed by atoms with Crippen LogP contribution in [-0.4, -0.2) is 18.1 Å². The molecule has 9 heteroatoms. The molecule has 0 N–H and O–H groups in total. The van der Waals surface area contributed by atoms with Crippen LogP contribution in [0.5, 0.6) is 0 Å². The first kappa shape index (κ1) is 20.7. The van der Waals surface area contributed by atoms with Crippen molar-refractivity contribution in [2.24, 2.45) is 11.8 Å². The summed E-state index contributed by atoms with van der Waals surface area (Å²) >= 11 is 0. The van der Waals surface area contributed by atoms with Crippen molar-refractivity contribution in [2.45, 2.75) is 11.3 Å². The number of amides is 2. The Bertz CT molecular complexity index is 1390. The van der Waals surface area contributed by atoms with E-state index in [4.69, 9.17) is 0 Å². The number of carbonyl (C=O) groups excluding carboxylic acids is 3. The van der Waals surface area contributed by atoms with Crippen LogP contribution in [-0.2, 0) is 19.8 Å². The van der Waals surface area contributed by atoms with Crippen LogP contribution < -0.4 is 4.90 Å². The van der Waals surface area contributed by atoms with Crippen molar-refractivity contribution in [1.82, 2.24) is 0 Å². The third-order valence-electron chi connectivity index (χ3n) is 7.28. The Morgan fingerprint density at radius 2 is 1.18 bits per heavy atom. The van der Waals surface area contributed by atoms with Gasteiger partial charge in [-0.3, -0.25) is 9.59 Å². The van der Waals surface area contributed by atoms with Crippen molar-refractivity contribution >= 4 is 23.8 Å². The van der Waals surface area contributed by atoms with Gasteiger partial charge in [0.15, 0.2) is 23.3 Å². The molecule has 3 aromatic rings. The van der Waals surface area contributed by atoms with Gasteiger partial charge in [0.25, 0.3) is 0 Å². The molecule has 4 nitrogen and oxygen atoms in total. The molecule has 2 unspecified atom stereocenters. The highest BCUT2D eigenvalue weighted by Crippen LogP contribution is 2.63. The topological polar surface area (TPSA) is 54.5 Å². The van der Waals surface area contributed by atoms with Gasteiger partial charge in [-0.1, -0.05) is 48.5 Å². The predicted molar refractivity (Wildman–Crippen MR) is 107 cm³/mol. The average Bonchev–Trinajstić information content (AvgIpc) is 3.12. The van der Waals surface area contributed by atoms with Gasteiger partial charge in [-0.2, -0.15) is 0 Å². The minimum atomic E-state index is -2.40. The van der Waals surface area contributed by atoms with E-state index in [-0.39, 0.29) is 4.90 Å². The third-order valence-corrected chi connectivity index (χ3v) is 7.28. The number of anilines is 1. The molecule has 1 saturated heterocycles. The zero-order valence-corrected chi connectivity index (χ0v) is 17.0. The summed E-state index contributed by atoms with van der Waals surface area (Å²) in [5.41, 5.74) is -1.18.